The summed E-state index contributed by atoms with van der Waals surface area (Å²) < 4.78 is 50.4. The van der Waals surface area contributed by atoms with Crippen LogP contribution in [0.25, 0.3) is 12.2 Å². The maximum Gasteiger partial charge on any atom is 0.416 e. The largest absolute Gasteiger partial charge is 0.416 e. The van der Waals surface area contributed by atoms with Crippen molar-refractivity contribution in [2.24, 2.45) is 0 Å². The highest BCUT2D eigenvalue weighted by Gasteiger charge is 2.29. The lowest BCUT2D eigenvalue weighted by molar-refractivity contribution is -0.137. The Balaban J connectivity index is 1.57. The summed E-state index contributed by atoms with van der Waals surface area (Å²) in [6.45, 7) is 0. The van der Waals surface area contributed by atoms with Crippen molar-refractivity contribution in [3.8, 4) is 0 Å². The number of benzene rings is 2. The molecule has 0 atom stereocenters. The third-order valence-electron chi connectivity index (χ3n) is 3.44. The summed E-state index contributed by atoms with van der Waals surface area (Å²) in [4.78, 5) is 4.27. The third-order valence-corrected chi connectivity index (χ3v) is 4.35. The fourth-order valence-electron chi connectivity index (χ4n) is 2.08. The van der Waals surface area contributed by atoms with E-state index in [9.17, 15) is 17.6 Å². The average molecular weight is 379 g/mol. The molecule has 0 bridgehead atoms. The molecule has 0 aliphatic heterocycles. The second-order valence-electron chi connectivity index (χ2n) is 5.37. The number of aromatic nitrogens is 3. The van der Waals surface area contributed by atoms with Crippen LogP contribution in [0.5, 0.6) is 0 Å². The second-order valence-corrected chi connectivity index (χ2v) is 6.31. The summed E-state index contributed by atoms with van der Waals surface area (Å²) in [7, 11) is 0. The van der Waals surface area contributed by atoms with Crippen LogP contribution in [-0.4, -0.2) is 15.2 Å². The van der Waals surface area contributed by atoms with Crippen molar-refractivity contribution < 1.29 is 17.6 Å². The topological polar surface area (TPSA) is 41.6 Å². The van der Waals surface area contributed by atoms with E-state index in [0.717, 1.165) is 23.3 Å². The molecule has 26 heavy (non-hydrogen) atoms. The number of aromatic amines is 1. The standard InChI is InChI=1S/C18H13F4N3S/c19-15-8-3-12(4-9-15)5-10-16-23-17(25-24-16)26-11-13-1-6-14(7-2-13)18(20,21)22/h1-10H,11H2,(H,23,24,25)/b10-5+. The molecule has 0 aliphatic rings. The zero-order valence-corrected chi connectivity index (χ0v) is 14.1. The highest BCUT2D eigenvalue weighted by atomic mass is 32.2. The van der Waals surface area contributed by atoms with E-state index in [4.69, 9.17) is 0 Å². The number of rotatable bonds is 5. The fourth-order valence-corrected chi connectivity index (χ4v) is 2.85. The van der Waals surface area contributed by atoms with Gasteiger partial charge in [0, 0.05) is 5.75 Å². The monoisotopic (exact) mass is 379 g/mol. The molecule has 2 aromatic carbocycles. The van der Waals surface area contributed by atoms with E-state index in [1.165, 1.54) is 36.0 Å². The molecular formula is C18H13F4N3S. The average Bonchev–Trinajstić information content (AvgIpc) is 3.07. The van der Waals surface area contributed by atoms with Gasteiger partial charge >= 0.3 is 6.18 Å². The maximum atomic E-state index is 12.8. The maximum absolute atomic E-state index is 12.8. The lowest BCUT2D eigenvalue weighted by Crippen LogP contribution is -2.04. The smallest absolute Gasteiger partial charge is 0.259 e. The Kier molecular flexibility index (Phi) is 5.41. The molecule has 0 fully saturated rings. The quantitative estimate of drug-likeness (QED) is 0.475. The van der Waals surface area contributed by atoms with E-state index in [-0.39, 0.29) is 5.82 Å². The number of halogens is 4. The predicted octanol–water partition coefficient (Wildman–Crippen LogP) is 5.43. The van der Waals surface area contributed by atoms with E-state index < -0.39 is 11.7 Å². The van der Waals surface area contributed by atoms with Crippen molar-refractivity contribution >= 4 is 23.9 Å². The van der Waals surface area contributed by atoms with Crippen LogP contribution in [0.3, 0.4) is 0 Å². The molecule has 3 nitrogen and oxygen atoms in total. The number of H-pyrrole nitrogens is 1. The summed E-state index contributed by atoms with van der Waals surface area (Å²) >= 11 is 1.31. The molecule has 1 heterocycles. The van der Waals surface area contributed by atoms with E-state index >= 15 is 0 Å². The van der Waals surface area contributed by atoms with E-state index in [1.54, 1.807) is 24.3 Å². The number of nitrogens with one attached hydrogen (secondary N) is 1. The van der Waals surface area contributed by atoms with Crippen LogP contribution >= 0.6 is 11.8 Å². The van der Waals surface area contributed by atoms with Crippen LogP contribution < -0.4 is 0 Å². The molecular weight excluding hydrogens is 366 g/mol. The van der Waals surface area contributed by atoms with Gasteiger partial charge in [-0.2, -0.15) is 13.2 Å². The summed E-state index contributed by atoms with van der Waals surface area (Å²) in [6, 6.07) is 11.0. The first-order valence-electron chi connectivity index (χ1n) is 7.55. The highest BCUT2D eigenvalue weighted by molar-refractivity contribution is 7.98. The summed E-state index contributed by atoms with van der Waals surface area (Å²) in [5, 5.41) is 7.30. The van der Waals surface area contributed by atoms with E-state index in [1.807, 2.05) is 0 Å². The van der Waals surface area contributed by atoms with Gasteiger partial charge in [0.1, 0.15) is 11.6 Å². The molecule has 0 saturated heterocycles. The Labute approximate surface area is 151 Å². The first-order chi connectivity index (χ1) is 12.4. The predicted molar refractivity (Wildman–Crippen MR) is 92.7 cm³/mol. The number of hydrogen-bond acceptors (Lipinski definition) is 3. The molecule has 0 aliphatic carbocycles. The van der Waals surface area contributed by atoms with Gasteiger partial charge in [-0.25, -0.2) is 9.37 Å². The van der Waals surface area contributed by atoms with Gasteiger partial charge in [0.05, 0.1) is 5.56 Å². The van der Waals surface area contributed by atoms with Crippen LogP contribution in [0.4, 0.5) is 17.6 Å². The van der Waals surface area contributed by atoms with Gasteiger partial charge < -0.3 is 0 Å². The third kappa shape index (κ3) is 4.95. The Bertz CT molecular complexity index is 884. The van der Waals surface area contributed by atoms with Gasteiger partial charge in [-0.15, -0.1) is 5.10 Å². The Morgan fingerprint density at radius 3 is 2.31 bits per heavy atom. The van der Waals surface area contributed by atoms with Crippen LogP contribution in [0.15, 0.2) is 53.7 Å². The molecule has 0 radical (unpaired) electrons. The lowest BCUT2D eigenvalue weighted by atomic mass is 10.1. The Morgan fingerprint density at radius 2 is 1.65 bits per heavy atom. The minimum absolute atomic E-state index is 0.302. The highest BCUT2D eigenvalue weighted by Crippen LogP contribution is 2.30. The van der Waals surface area contributed by atoms with Crippen LogP contribution in [0.2, 0.25) is 0 Å². The SMILES string of the molecule is Fc1ccc(/C=C/c2nc(SCc3ccc(C(F)(F)F)cc3)n[nH]2)cc1. The van der Waals surface area contributed by atoms with Crippen molar-refractivity contribution in [2.45, 2.75) is 17.1 Å². The zero-order valence-electron chi connectivity index (χ0n) is 13.3. The van der Waals surface area contributed by atoms with Crippen LogP contribution in [0.1, 0.15) is 22.5 Å². The second kappa shape index (κ2) is 7.74. The normalized spacial score (nSPS) is 12.0. The Hall–Kier alpha value is -2.61. The van der Waals surface area contributed by atoms with Crippen molar-refractivity contribution in [1.82, 2.24) is 15.2 Å². The Morgan fingerprint density at radius 1 is 0.962 bits per heavy atom. The molecule has 1 N–H and O–H groups in total. The minimum atomic E-state index is -4.33. The van der Waals surface area contributed by atoms with Gasteiger partial charge in [-0.3, -0.25) is 5.10 Å². The first kappa shape index (κ1) is 18.2. The molecule has 0 unspecified atom stereocenters. The van der Waals surface area contributed by atoms with Crippen LogP contribution in [-0.2, 0) is 11.9 Å². The van der Waals surface area contributed by atoms with Gasteiger partial charge in [0.2, 0.25) is 5.16 Å². The number of hydrogen-bond donors (Lipinski definition) is 1. The van der Waals surface area contributed by atoms with Gasteiger partial charge in [-0.1, -0.05) is 42.1 Å². The molecule has 3 aromatic rings. The van der Waals surface area contributed by atoms with Crippen molar-refractivity contribution in [3.05, 3.63) is 76.9 Å². The fraction of sp³-hybridized carbons (Fsp3) is 0.111. The molecule has 1 aromatic heterocycles. The van der Waals surface area contributed by atoms with E-state index in [0.29, 0.717) is 16.7 Å². The summed E-state index contributed by atoms with van der Waals surface area (Å²) in [5.74, 6) is 0.685. The minimum Gasteiger partial charge on any atom is -0.259 e. The molecule has 8 heteroatoms. The van der Waals surface area contributed by atoms with Crippen molar-refractivity contribution in [2.75, 3.05) is 0 Å². The summed E-state index contributed by atoms with van der Waals surface area (Å²) in [6.07, 6.45) is -0.853. The molecule has 3 rings (SSSR count). The lowest BCUT2D eigenvalue weighted by Gasteiger charge is -2.06. The molecule has 0 amide bonds. The van der Waals surface area contributed by atoms with Gasteiger partial charge in [0.15, 0.2) is 0 Å². The van der Waals surface area contributed by atoms with E-state index in [2.05, 4.69) is 15.2 Å². The first-order valence-corrected chi connectivity index (χ1v) is 8.54. The van der Waals surface area contributed by atoms with Crippen LogP contribution in [0, 0.1) is 5.82 Å². The zero-order chi connectivity index (χ0) is 18.6. The number of alkyl halides is 3. The molecule has 0 saturated carbocycles. The molecule has 134 valence electrons. The van der Waals surface area contributed by atoms with Gasteiger partial charge in [0.25, 0.3) is 0 Å². The summed E-state index contributed by atoms with van der Waals surface area (Å²) in [5.41, 5.74) is 0.898. The molecule has 0 spiro atoms. The number of thioether (sulfide) groups is 1. The van der Waals surface area contributed by atoms with Crippen molar-refractivity contribution in [3.63, 3.8) is 0 Å². The van der Waals surface area contributed by atoms with Crippen molar-refractivity contribution in [1.29, 1.82) is 0 Å². The van der Waals surface area contributed by atoms with Gasteiger partial charge in [-0.05, 0) is 41.5 Å². The number of nitrogens with zero attached hydrogens (tertiary/aromatic N) is 2.